The number of methoxy groups -OCH3 is 1. The number of rotatable bonds is 5. The second-order valence-electron chi connectivity index (χ2n) is 3.78. The molecule has 0 bridgehead atoms. The van der Waals surface area contributed by atoms with Crippen molar-refractivity contribution in [1.29, 1.82) is 0 Å². The Morgan fingerprint density at radius 2 is 2.00 bits per heavy atom. The SMILES string of the molecule is COc1cccc(CNCc2ccccn2)c1.Cl. The average molecular weight is 265 g/mol. The number of pyridine rings is 1. The quantitative estimate of drug-likeness (QED) is 0.902. The van der Waals surface area contributed by atoms with E-state index in [4.69, 9.17) is 4.74 Å². The van der Waals surface area contributed by atoms with Crippen LogP contribution in [0.2, 0.25) is 0 Å². The number of ether oxygens (including phenoxy) is 1. The lowest BCUT2D eigenvalue weighted by molar-refractivity contribution is 0.414. The summed E-state index contributed by atoms with van der Waals surface area (Å²) in [7, 11) is 1.68. The van der Waals surface area contributed by atoms with Crippen LogP contribution in [0.4, 0.5) is 0 Å². The van der Waals surface area contributed by atoms with E-state index in [1.54, 1.807) is 7.11 Å². The molecule has 0 aliphatic heterocycles. The Balaban J connectivity index is 0.00000162. The maximum atomic E-state index is 5.18. The van der Waals surface area contributed by atoms with Gasteiger partial charge in [-0.25, -0.2) is 0 Å². The van der Waals surface area contributed by atoms with Crippen molar-refractivity contribution in [3.8, 4) is 5.75 Å². The van der Waals surface area contributed by atoms with E-state index in [9.17, 15) is 0 Å². The van der Waals surface area contributed by atoms with E-state index in [0.29, 0.717) is 0 Å². The van der Waals surface area contributed by atoms with Gasteiger partial charge in [0.05, 0.1) is 12.8 Å². The van der Waals surface area contributed by atoms with Gasteiger partial charge < -0.3 is 10.1 Å². The smallest absolute Gasteiger partial charge is 0.119 e. The summed E-state index contributed by atoms with van der Waals surface area (Å²) in [6, 6.07) is 14.0. The van der Waals surface area contributed by atoms with Gasteiger partial charge in [-0.2, -0.15) is 0 Å². The summed E-state index contributed by atoms with van der Waals surface area (Å²) >= 11 is 0. The molecule has 2 aromatic rings. The van der Waals surface area contributed by atoms with Crippen molar-refractivity contribution in [3.05, 3.63) is 59.9 Å². The van der Waals surface area contributed by atoms with Crippen molar-refractivity contribution in [2.24, 2.45) is 0 Å². The lowest BCUT2D eigenvalue weighted by Crippen LogP contribution is -2.13. The summed E-state index contributed by atoms with van der Waals surface area (Å²) in [6.07, 6.45) is 1.81. The van der Waals surface area contributed by atoms with Crippen molar-refractivity contribution in [2.45, 2.75) is 13.1 Å². The zero-order chi connectivity index (χ0) is 11.9. The summed E-state index contributed by atoms with van der Waals surface area (Å²) < 4.78 is 5.18. The van der Waals surface area contributed by atoms with Crippen LogP contribution in [0, 0.1) is 0 Å². The molecule has 1 N–H and O–H groups in total. The van der Waals surface area contributed by atoms with Crippen LogP contribution in [0.5, 0.6) is 5.75 Å². The highest BCUT2D eigenvalue weighted by molar-refractivity contribution is 5.85. The Bertz CT molecular complexity index is 462. The molecular weight excluding hydrogens is 248 g/mol. The van der Waals surface area contributed by atoms with E-state index in [0.717, 1.165) is 24.5 Å². The van der Waals surface area contributed by atoms with E-state index in [-0.39, 0.29) is 12.4 Å². The molecule has 0 aliphatic rings. The predicted octanol–water partition coefficient (Wildman–Crippen LogP) is 2.80. The van der Waals surface area contributed by atoms with Crippen molar-refractivity contribution in [1.82, 2.24) is 10.3 Å². The van der Waals surface area contributed by atoms with Crippen LogP contribution in [-0.4, -0.2) is 12.1 Å². The van der Waals surface area contributed by atoms with Gasteiger partial charge in [0.15, 0.2) is 0 Å². The van der Waals surface area contributed by atoms with Crippen molar-refractivity contribution >= 4 is 12.4 Å². The second-order valence-corrected chi connectivity index (χ2v) is 3.78. The number of nitrogens with one attached hydrogen (secondary N) is 1. The molecule has 0 fully saturated rings. The highest BCUT2D eigenvalue weighted by atomic mass is 35.5. The van der Waals surface area contributed by atoms with Gasteiger partial charge in [0.1, 0.15) is 5.75 Å². The van der Waals surface area contributed by atoms with E-state index < -0.39 is 0 Å². The molecule has 1 aromatic heterocycles. The van der Waals surface area contributed by atoms with Crippen LogP contribution in [0.15, 0.2) is 48.7 Å². The minimum atomic E-state index is 0. The fourth-order valence-electron chi connectivity index (χ4n) is 1.62. The highest BCUT2D eigenvalue weighted by Crippen LogP contribution is 2.12. The third-order valence-corrected chi connectivity index (χ3v) is 2.50. The Morgan fingerprint density at radius 1 is 1.11 bits per heavy atom. The molecule has 1 aromatic carbocycles. The van der Waals surface area contributed by atoms with Gasteiger partial charge in [-0.05, 0) is 29.8 Å². The Hall–Kier alpha value is -1.58. The summed E-state index contributed by atoms with van der Waals surface area (Å²) in [4.78, 5) is 4.26. The number of halogens is 1. The van der Waals surface area contributed by atoms with E-state index in [1.807, 2.05) is 42.6 Å². The minimum Gasteiger partial charge on any atom is -0.497 e. The molecule has 4 heteroatoms. The lowest BCUT2D eigenvalue weighted by Gasteiger charge is -2.06. The molecule has 18 heavy (non-hydrogen) atoms. The van der Waals surface area contributed by atoms with Crippen LogP contribution >= 0.6 is 12.4 Å². The maximum absolute atomic E-state index is 5.18. The Labute approximate surface area is 114 Å². The molecule has 3 nitrogen and oxygen atoms in total. The van der Waals surface area contributed by atoms with Crippen LogP contribution in [0.1, 0.15) is 11.3 Å². The Kier molecular flexibility index (Phi) is 6.19. The minimum absolute atomic E-state index is 0. The van der Waals surface area contributed by atoms with Gasteiger partial charge in [0, 0.05) is 19.3 Å². The van der Waals surface area contributed by atoms with Crippen LogP contribution in [0.3, 0.4) is 0 Å². The maximum Gasteiger partial charge on any atom is 0.119 e. The molecule has 1 heterocycles. The van der Waals surface area contributed by atoms with Gasteiger partial charge in [0.2, 0.25) is 0 Å². The number of benzene rings is 1. The number of aromatic nitrogens is 1. The molecule has 0 radical (unpaired) electrons. The van der Waals surface area contributed by atoms with Crippen molar-refractivity contribution in [2.75, 3.05) is 7.11 Å². The first kappa shape index (κ1) is 14.5. The molecule has 0 unspecified atom stereocenters. The number of hydrogen-bond acceptors (Lipinski definition) is 3. The van der Waals surface area contributed by atoms with Crippen LogP contribution in [0.25, 0.3) is 0 Å². The van der Waals surface area contributed by atoms with Gasteiger partial charge in [-0.3, -0.25) is 4.98 Å². The Morgan fingerprint density at radius 3 is 2.72 bits per heavy atom. The molecule has 0 aliphatic carbocycles. The lowest BCUT2D eigenvalue weighted by atomic mass is 10.2. The van der Waals surface area contributed by atoms with Gasteiger partial charge in [-0.1, -0.05) is 18.2 Å². The third-order valence-electron chi connectivity index (χ3n) is 2.50. The summed E-state index contributed by atoms with van der Waals surface area (Å²) in [5.41, 5.74) is 2.26. The number of nitrogens with zero attached hydrogens (tertiary/aromatic N) is 1. The standard InChI is InChI=1S/C14H16N2O.ClH/c1-17-14-7-4-5-12(9-14)10-15-11-13-6-2-3-8-16-13;/h2-9,15H,10-11H2,1H3;1H. The zero-order valence-electron chi connectivity index (χ0n) is 10.3. The second kappa shape index (κ2) is 7.69. The molecule has 0 saturated heterocycles. The van der Waals surface area contributed by atoms with E-state index in [2.05, 4.69) is 16.4 Å². The first-order valence-corrected chi connectivity index (χ1v) is 5.62. The molecule has 0 saturated carbocycles. The fourth-order valence-corrected chi connectivity index (χ4v) is 1.62. The number of hydrogen-bond donors (Lipinski definition) is 1. The molecular formula is C14H17ClN2O. The highest BCUT2D eigenvalue weighted by Gasteiger charge is 1.96. The predicted molar refractivity (Wildman–Crippen MR) is 75.0 cm³/mol. The zero-order valence-corrected chi connectivity index (χ0v) is 11.1. The normalized spacial score (nSPS) is 9.61. The van der Waals surface area contributed by atoms with Crippen molar-refractivity contribution < 1.29 is 4.74 Å². The van der Waals surface area contributed by atoms with E-state index in [1.165, 1.54) is 5.56 Å². The molecule has 0 spiro atoms. The van der Waals surface area contributed by atoms with E-state index >= 15 is 0 Å². The first-order chi connectivity index (χ1) is 8.38. The third kappa shape index (κ3) is 4.35. The molecule has 96 valence electrons. The van der Waals surface area contributed by atoms with Gasteiger partial charge >= 0.3 is 0 Å². The van der Waals surface area contributed by atoms with Gasteiger partial charge in [-0.15, -0.1) is 12.4 Å². The molecule has 2 rings (SSSR count). The molecule has 0 atom stereocenters. The summed E-state index contributed by atoms with van der Waals surface area (Å²) in [5, 5.41) is 3.35. The van der Waals surface area contributed by atoms with Gasteiger partial charge in [0.25, 0.3) is 0 Å². The fraction of sp³-hybridized carbons (Fsp3) is 0.214. The summed E-state index contributed by atoms with van der Waals surface area (Å²) in [6.45, 7) is 1.59. The topological polar surface area (TPSA) is 34.1 Å². The van der Waals surface area contributed by atoms with Crippen LogP contribution < -0.4 is 10.1 Å². The van der Waals surface area contributed by atoms with Crippen molar-refractivity contribution in [3.63, 3.8) is 0 Å². The summed E-state index contributed by atoms with van der Waals surface area (Å²) in [5.74, 6) is 0.891. The average Bonchev–Trinajstić information content (AvgIpc) is 2.40. The monoisotopic (exact) mass is 264 g/mol. The van der Waals surface area contributed by atoms with Crippen LogP contribution in [-0.2, 0) is 13.1 Å². The molecule has 0 amide bonds. The first-order valence-electron chi connectivity index (χ1n) is 5.62. The largest absolute Gasteiger partial charge is 0.497 e.